The van der Waals surface area contributed by atoms with Crippen LogP contribution >= 0.6 is 15.9 Å². The summed E-state index contributed by atoms with van der Waals surface area (Å²) < 4.78 is 43.9. The maximum atomic E-state index is 13.0. The van der Waals surface area contributed by atoms with Crippen LogP contribution in [0.25, 0.3) is 11.4 Å². The Balaban J connectivity index is 2.50. The first-order valence-corrected chi connectivity index (χ1v) is 6.19. The third kappa shape index (κ3) is 3.00. The number of hydrogen-bond donors (Lipinski definition) is 2. The van der Waals surface area contributed by atoms with Crippen molar-refractivity contribution in [3.8, 4) is 11.4 Å². The van der Waals surface area contributed by atoms with Crippen LogP contribution in [-0.4, -0.2) is 21.9 Å². The second kappa shape index (κ2) is 5.51. The van der Waals surface area contributed by atoms with Crippen molar-refractivity contribution in [2.24, 2.45) is 5.73 Å². The SMILES string of the molecule is N[C@H](CO)c1nc(-c2ccc(Br)cc2C(F)(F)F)no1. The quantitative estimate of drug-likeness (QED) is 0.887. The van der Waals surface area contributed by atoms with E-state index >= 15 is 0 Å². The van der Waals surface area contributed by atoms with Gasteiger partial charge in [0.1, 0.15) is 6.04 Å². The molecule has 0 unspecified atom stereocenters. The molecule has 0 radical (unpaired) electrons. The monoisotopic (exact) mass is 351 g/mol. The van der Waals surface area contributed by atoms with E-state index in [0.717, 1.165) is 6.07 Å². The standard InChI is InChI=1S/C11H9BrF3N3O2/c12-5-1-2-6(7(3-5)11(13,14)15)9-17-10(20-18-9)8(16)4-19/h1-3,8,19H,4,16H2/t8-/m1/s1. The summed E-state index contributed by atoms with van der Waals surface area (Å²) in [7, 11) is 0. The molecular formula is C11H9BrF3N3O2. The van der Waals surface area contributed by atoms with Gasteiger partial charge in [-0.25, -0.2) is 0 Å². The highest BCUT2D eigenvalue weighted by Gasteiger charge is 2.35. The smallest absolute Gasteiger partial charge is 0.394 e. The van der Waals surface area contributed by atoms with E-state index in [2.05, 4.69) is 26.1 Å². The van der Waals surface area contributed by atoms with Gasteiger partial charge in [0.15, 0.2) is 0 Å². The van der Waals surface area contributed by atoms with Crippen molar-refractivity contribution in [3.05, 3.63) is 34.1 Å². The third-order valence-corrected chi connectivity index (χ3v) is 2.98. The molecule has 0 aliphatic carbocycles. The van der Waals surface area contributed by atoms with Crippen molar-refractivity contribution in [2.75, 3.05) is 6.61 Å². The first-order chi connectivity index (χ1) is 9.32. The van der Waals surface area contributed by atoms with Gasteiger partial charge < -0.3 is 15.4 Å². The molecule has 9 heteroatoms. The van der Waals surface area contributed by atoms with Gasteiger partial charge in [-0.2, -0.15) is 18.2 Å². The van der Waals surface area contributed by atoms with Gasteiger partial charge in [-0.15, -0.1) is 0 Å². The van der Waals surface area contributed by atoms with E-state index in [4.69, 9.17) is 15.4 Å². The van der Waals surface area contributed by atoms with Gasteiger partial charge in [0, 0.05) is 10.0 Å². The molecule has 0 bridgehead atoms. The van der Waals surface area contributed by atoms with Gasteiger partial charge in [-0.3, -0.25) is 0 Å². The van der Waals surface area contributed by atoms with Gasteiger partial charge in [-0.05, 0) is 18.2 Å². The molecule has 0 spiro atoms. The lowest BCUT2D eigenvalue weighted by atomic mass is 10.1. The Labute approximate surface area is 119 Å². The molecule has 2 rings (SSSR count). The van der Waals surface area contributed by atoms with Crippen LogP contribution in [0, 0.1) is 0 Å². The summed E-state index contributed by atoms with van der Waals surface area (Å²) >= 11 is 2.98. The van der Waals surface area contributed by atoms with E-state index in [1.165, 1.54) is 12.1 Å². The summed E-state index contributed by atoms with van der Waals surface area (Å²) in [5.74, 6) is -0.359. The first-order valence-electron chi connectivity index (χ1n) is 5.40. The lowest BCUT2D eigenvalue weighted by molar-refractivity contribution is -0.137. The molecule has 1 atom stereocenters. The predicted octanol–water partition coefficient (Wildman–Crippen LogP) is 2.51. The van der Waals surface area contributed by atoms with Crippen LogP contribution in [-0.2, 0) is 6.18 Å². The Morgan fingerprint density at radius 1 is 1.40 bits per heavy atom. The van der Waals surface area contributed by atoms with Crippen LogP contribution < -0.4 is 5.73 Å². The first kappa shape index (κ1) is 14.9. The minimum absolute atomic E-state index is 0.126. The number of hydrogen-bond acceptors (Lipinski definition) is 5. The van der Waals surface area contributed by atoms with Gasteiger partial charge in [0.2, 0.25) is 11.7 Å². The number of benzene rings is 1. The average Bonchev–Trinajstić information content (AvgIpc) is 2.86. The fourth-order valence-electron chi connectivity index (χ4n) is 1.52. The molecule has 1 aromatic heterocycles. The lowest BCUT2D eigenvalue weighted by Crippen LogP contribution is -2.14. The molecule has 1 aromatic carbocycles. The number of nitrogens with two attached hydrogens (primary N) is 1. The molecule has 5 nitrogen and oxygen atoms in total. The van der Waals surface area contributed by atoms with Gasteiger partial charge in [0.25, 0.3) is 0 Å². The highest BCUT2D eigenvalue weighted by Crippen LogP contribution is 2.37. The Hall–Kier alpha value is -1.45. The number of nitrogens with zero attached hydrogens (tertiary/aromatic N) is 2. The summed E-state index contributed by atoms with van der Waals surface area (Å²) in [5.41, 5.74) is 4.34. The summed E-state index contributed by atoms with van der Waals surface area (Å²) in [6.07, 6.45) is -4.56. The molecule has 0 fully saturated rings. The molecule has 0 saturated carbocycles. The van der Waals surface area contributed by atoms with Crippen LogP contribution in [0.15, 0.2) is 27.2 Å². The van der Waals surface area contributed by atoms with Crippen LogP contribution in [0.4, 0.5) is 13.2 Å². The van der Waals surface area contributed by atoms with E-state index in [1.54, 1.807) is 0 Å². The zero-order valence-electron chi connectivity index (χ0n) is 9.86. The highest BCUT2D eigenvalue weighted by molar-refractivity contribution is 9.10. The fourth-order valence-corrected chi connectivity index (χ4v) is 1.88. The zero-order valence-corrected chi connectivity index (χ0v) is 11.4. The maximum Gasteiger partial charge on any atom is 0.417 e. The van der Waals surface area contributed by atoms with E-state index in [-0.39, 0.29) is 21.8 Å². The fraction of sp³-hybridized carbons (Fsp3) is 0.273. The molecule has 1 heterocycles. The molecule has 0 amide bonds. The van der Waals surface area contributed by atoms with Crippen LogP contribution in [0.5, 0.6) is 0 Å². The molecule has 0 aliphatic rings. The summed E-state index contributed by atoms with van der Waals surface area (Å²) in [5, 5.41) is 12.3. The second-order valence-electron chi connectivity index (χ2n) is 3.93. The summed E-state index contributed by atoms with van der Waals surface area (Å²) in [4.78, 5) is 3.78. The normalized spacial score (nSPS) is 13.5. The number of halogens is 4. The van der Waals surface area contributed by atoms with Crippen molar-refractivity contribution in [3.63, 3.8) is 0 Å². The number of rotatable bonds is 3. The maximum absolute atomic E-state index is 13.0. The van der Waals surface area contributed by atoms with Gasteiger partial charge in [0.05, 0.1) is 12.2 Å². The van der Waals surface area contributed by atoms with Crippen molar-refractivity contribution in [1.29, 1.82) is 0 Å². The van der Waals surface area contributed by atoms with Crippen molar-refractivity contribution >= 4 is 15.9 Å². The molecule has 108 valence electrons. The van der Waals surface area contributed by atoms with Gasteiger partial charge >= 0.3 is 6.18 Å². The van der Waals surface area contributed by atoms with E-state index < -0.39 is 24.4 Å². The predicted molar refractivity (Wildman–Crippen MR) is 66.5 cm³/mol. The molecule has 2 aromatic rings. The van der Waals surface area contributed by atoms with Crippen molar-refractivity contribution < 1.29 is 22.8 Å². The second-order valence-corrected chi connectivity index (χ2v) is 4.85. The Bertz CT molecular complexity index is 615. The number of aromatic nitrogens is 2. The largest absolute Gasteiger partial charge is 0.417 e. The van der Waals surface area contributed by atoms with Crippen LogP contribution in [0.1, 0.15) is 17.5 Å². The van der Waals surface area contributed by atoms with Crippen LogP contribution in [0.3, 0.4) is 0 Å². The van der Waals surface area contributed by atoms with Crippen molar-refractivity contribution in [1.82, 2.24) is 10.1 Å². The average molecular weight is 352 g/mol. The molecule has 0 saturated heterocycles. The molecule has 0 aliphatic heterocycles. The highest BCUT2D eigenvalue weighted by atomic mass is 79.9. The van der Waals surface area contributed by atoms with E-state index in [0.29, 0.717) is 0 Å². The van der Waals surface area contributed by atoms with E-state index in [9.17, 15) is 13.2 Å². The van der Waals surface area contributed by atoms with Gasteiger partial charge in [-0.1, -0.05) is 21.1 Å². The Morgan fingerprint density at radius 3 is 2.70 bits per heavy atom. The molecule has 20 heavy (non-hydrogen) atoms. The number of aliphatic hydroxyl groups is 1. The Kier molecular flexibility index (Phi) is 4.11. The summed E-state index contributed by atoms with van der Waals surface area (Å²) in [6, 6.07) is 2.66. The summed E-state index contributed by atoms with van der Waals surface area (Å²) in [6.45, 7) is -0.450. The molecule has 3 N–H and O–H groups in total. The van der Waals surface area contributed by atoms with Crippen LogP contribution in [0.2, 0.25) is 0 Å². The van der Waals surface area contributed by atoms with E-state index in [1.807, 2.05) is 0 Å². The topological polar surface area (TPSA) is 85.2 Å². The lowest BCUT2D eigenvalue weighted by Gasteiger charge is -2.10. The number of aliphatic hydroxyl groups excluding tert-OH is 1. The zero-order chi connectivity index (χ0) is 14.9. The third-order valence-electron chi connectivity index (χ3n) is 2.48. The minimum Gasteiger partial charge on any atom is -0.394 e. The minimum atomic E-state index is -4.56. The molecular weight excluding hydrogens is 343 g/mol. The Morgan fingerprint density at radius 2 is 2.10 bits per heavy atom. The number of alkyl halides is 3. The van der Waals surface area contributed by atoms with Crippen molar-refractivity contribution in [2.45, 2.75) is 12.2 Å².